The van der Waals surface area contributed by atoms with Gasteiger partial charge in [-0.3, -0.25) is 14.8 Å². The van der Waals surface area contributed by atoms with Crippen molar-refractivity contribution in [2.24, 2.45) is 0 Å². The second-order valence-corrected chi connectivity index (χ2v) is 6.57. The number of nitro groups is 1. The zero-order chi connectivity index (χ0) is 15.6. The summed E-state index contributed by atoms with van der Waals surface area (Å²) >= 11 is 1.05. The second-order valence-electron chi connectivity index (χ2n) is 3.83. The van der Waals surface area contributed by atoms with E-state index in [1.807, 2.05) is 6.92 Å². The molecule has 0 aliphatic heterocycles. The van der Waals surface area contributed by atoms with Crippen molar-refractivity contribution in [2.45, 2.75) is 18.2 Å². The lowest BCUT2D eigenvalue weighted by Gasteiger charge is -2.04. The van der Waals surface area contributed by atoms with Crippen LogP contribution in [0.3, 0.4) is 0 Å². The van der Waals surface area contributed by atoms with Crippen LogP contribution in [0.4, 0.5) is 15.2 Å². The molecule has 0 bridgehead atoms. The number of nitrogens with one attached hydrogen (secondary N) is 1. The van der Waals surface area contributed by atoms with Crippen LogP contribution in [0.2, 0.25) is 0 Å². The summed E-state index contributed by atoms with van der Waals surface area (Å²) in [6.07, 6.45) is 0.599. The third kappa shape index (κ3) is 3.31. The number of hydrogen-bond acceptors (Lipinski definition) is 7. The van der Waals surface area contributed by atoms with Crippen molar-refractivity contribution in [2.75, 3.05) is 4.72 Å². The normalized spacial score (nSPS) is 11.3. The van der Waals surface area contributed by atoms with Crippen molar-refractivity contribution in [1.82, 2.24) is 10.2 Å². The maximum Gasteiger partial charge on any atom is 0.306 e. The van der Waals surface area contributed by atoms with E-state index in [1.165, 1.54) is 0 Å². The van der Waals surface area contributed by atoms with Gasteiger partial charge in [0.05, 0.1) is 9.82 Å². The number of aromatic nitrogens is 2. The lowest BCUT2D eigenvalue weighted by Crippen LogP contribution is -2.13. The number of aryl methyl sites for hydroxylation is 1. The van der Waals surface area contributed by atoms with Crippen LogP contribution in [0.25, 0.3) is 0 Å². The Kier molecular flexibility index (Phi) is 4.14. The second kappa shape index (κ2) is 5.69. The smallest absolute Gasteiger partial charge is 0.258 e. The molecule has 2 rings (SSSR count). The minimum atomic E-state index is -4.09. The third-order valence-corrected chi connectivity index (χ3v) is 4.86. The van der Waals surface area contributed by atoms with Gasteiger partial charge < -0.3 is 0 Å². The molecule has 0 fully saturated rings. The predicted molar refractivity (Wildman–Crippen MR) is 73.1 cm³/mol. The van der Waals surface area contributed by atoms with E-state index in [0.29, 0.717) is 17.5 Å². The third-order valence-electron chi connectivity index (χ3n) is 2.42. The molecule has 0 atom stereocenters. The molecule has 2 aromatic rings. The Morgan fingerprint density at radius 2 is 2.14 bits per heavy atom. The van der Waals surface area contributed by atoms with Gasteiger partial charge in [-0.1, -0.05) is 18.3 Å². The molecule has 1 heterocycles. The maximum atomic E-state index is 13.2. The average Bonchev–Trinajstić information content (AvgIpc) is 2.85. The molecule has 0 unspecified atom stereocenters. The number of rotatable bonds is 5. The van der Waals surface area contributed by atoms with Crippen LogP contribution < -0.4 is 4.72 Å². The number of nitro benzene ring substituents is 1. The first-order chi connectivity index (χ1) is 9.83. The lowest BCUT2D eigenvalue weighted by atomic mass is 10.3. The highest BCUT2D eigenvalue weighted by Gasteiger charge is 2.22. The fourth-order valence-electron chi connectivity index (χ4n) is 1.41. The van der Waals surface area contributed by atoms with Crippen molar-refractivity contribution in [1.29, 1.82) is 0 Å². The van der Waals surface area contributed by atoms with E-state index in [4.69, 9.17) is 0 Å². The van der Waals surface area contributed by atoms with Crippen molar-refractivity contribution >= 4 is 32.2 Å². The quantitative estimate of drug-likeness (QED) is 0.661. The number of sulfonamides is 1. The molecule has 1 N–H and O–H groups in total. The van der Waals surface area contributed by atoms with Gasteiger partial charge in [0.15, 0.2) is 0 Å². The Labute approximate surface area is 122 Å². The first kappa shape index (κ1) is 15.3. The minimum Gasteiger partial charge on any atom is -0.258 e. The van der Waals surface area contributed by atoms with Crippen molar-refractivity contribution in [3.8, 4) is 0 Å². The summed E-state index contributed by atoms with van der Waals surface area (Å²) in [7, 11) is -4.09. The van der Waals surface area contributed by atoms with E-state index in [0.717, 1.165) is 23.5 Å². The van der Waals surface area contributed by atoms with Gasteiger partial charge in [0.1, 0.15) is 5.01 Å². The molecule has 0 aliphatic carbocycles. The van der Waals surface area contributed by atoms with Gasteiger partial charge in [0.2, 0.25) is 10.9 Å². The van der Waals surface area contributed by atoms with E-state index in [9.17, 15) is 22.9 Å². The number of nitrogens with zero attached hydrogens (tertiary/aromatic N) is 3. The summed E-state index contributed by atoms with van der Waals surface area (Å²) in [6.45, 7) is 1.84. The first-order valence-corrected chi connectivity index (χ1v) is 7.92. The highest BCUT2D eigenvalue weighted by Crippen LogP contribution is 2.24. The molecule has 11 heteroatoms. The molecule has 1 aromatic carbocycles. The molecule has 21 heavy (non-hydrogen) atoms. The van der Waals surface area contributed by atoms with Gasteiger partial charge >= 0.3 is 5.69 Å². The molecule has 0 radical (unpaired) electrons. The van der Waals surface area contributed by atoms with Crippen LogP contribution >= 0.6 is 11.3 Å². The molecular weight excluding hydrogens is 323 g/mol. The number of hydrogen-bond donors (Lipinski definition) is 1. The molecule has 1 aromatic heterocycles. The van der Waals surface area contributed by atoms with Gasteiger partial charge in [-0.2, -0.15) is 4.39 Å². The summed E-state index contributed by atoms with van der Waals surface area (Å²) < 4.78 is 39.5. The number of benzene rings is 1. The fraction of sp³-hybridized carbons (Fsp3) is 0.200. The molecule has 0 saturated heterocycles. The Bertz CT molecular complexity index is 790. The standard InChI is InChI=1S/C10H9FN4O4S2/c1-2-9-12-13-10(20-9)14-21(18,19)6-3-4-7(11)8(5-6)15(16)17/h3-5H,2H2,1H3,(H,13,14). The Morgan fingerprint density at radius 1 is 1.43 bits per heavy atom. The van der Waals surface area contributed by atoms with Gasteiger partial charge in [0, 0.05) is 6.07 Å². The van der Waals surface area contributed by atoms with Gasteiger partial charge in [0.25, 0.3) is 10.0 Å². The summed E-state index contributed by atoms with van der Waals surface area (Å²) in [4.78, 5) is 9.21. The molecule has 0 amide bonds. The van der Waals surface area contributed by atoms with Gasteiger partial charge in [-0.05, 0) is 18.6 Å². The predicted octanol–water partition coefficient (Wildman–Crippen LogP) is 1.95. The summed E-state index contributed by atoms with van der Waals surface area (Å²) in [5, 5.41) is 18.7. The van der Waals surface area contributed by atoms with Crippen molar-refractivity contribution < 1.29 is 17.7 Å². The van der Waals surface area contributed by atoms with Crippen molar-refractivity contribution in [3.63, 3.8) is 0 Å². The Hall–Kier alpha value is -2.14. The van der Waals surface area contributed by atoms with Crippen LogP contribution in [0.15, 0.2) is 23.1 Å². The molecule has 0 saturated carbocycles. The van der Waals surface area contributed by atoms with Crippen LogP contribution in [-0.4, -0.2) is 23.5 Å². The van der Waals surface area contributed by atoms with Crippen LogP contribution in [0.5, 0.6) is 0 Å². The molecule has 8 nitrogen and oxygen atoms in total. The van der Waals surface area contributed by atoms with E-state index < -0.39 is 31.3 Å². The average molecular weight is 332 g/mol. The topological polar surface area (TPSA) is 115 Å². The molecular formula is C10H9FN4O4S2. The van der Waals surface area contributed by atoms with E-state index >= 15 is 0 Å². The van der Waals surface area contributed by atoms with E-state index in [2.05, 4.69) is 14.9 Å². The Morgan fingerprint density at radius 3 is 2.71 bits per heavy atom. The molecule has 0 spiro atoms. The SMILES string of the molecule is CCc1nnc(NS(=O)(=O)c2ccc(F)c([N+](=O)[O-])c2)s1. The number of anilines is 1. The van der Waals surface area contributed by atoms with Gasteiger partial charge in [-0.15, -0.1) is 10.2 Å². The van der Waals surface area contributed by atoms with Crippen LogP contribution in [0.1, 0.15) is 11.9 Å². The highest BCUT2D eigenvalue weighted by atomic mass is 32.2. The number of halogens is 1. The van der Waals surface area contributed by atoms with E-state index in [1.54, 1.807) is 0 Å². The summed E-state index contributed by atoms with van der Waals surface area (Å²) in [5.74, 6) is -1.11. The van der Waals surface area contributed by atoms with E-state index in [-0.39, 0.29) is 5.13 Å². The maximum absolute atomic E-state index is 13.2. The zero-order valence-corrected chi connectivity index (χ0v) is 12.2. The van der Waals surface area contributed by atoms with Crippen LogP contribution in [0, 0.1) is 15.9 Å². The van der Waals surface area contributed by atoms with Crippen LogP contribution in [-0.2, 0) is 16.4 Å². The van der Waals surface area contributed by atoms with Crippen molar-refractivity contribution in [3.05, 3.63) is 39.1 Å². The largest absolute Gasteiger partial charge is 0.306 e. The minimum absolute atomic E-state index is 0.0406. The first-order valence-electron chi connectivity index (χ1n) is 5.62. The van der Waals surface area contributed by atoms with Gasteiger partial charge in [-0.25, -0.2) is 8.42 Å². The molecule has 0 aliphatic rings. The highest BCUT2D eigenvalue weighted by molar-refractivity contribution is 7.93. The monoisotopic (exact) mass is 332 g/mol. The molecule has 112 valence electrons. The summed E-state index contributed by atoms with van der Waals surface area (Å²) in [6, 6.07) is 2.32. The lowest BCUT2D eigenvalue weighted by molar-refractivity contribution is -0.387. The Balaban J connectivity index is 2.35. The zero-order valence-electron chi connectivity index (χ0n) is 10.6. The fourth-order valence-corrected chi connectivity index (χ4v) is 3.34. The summed E-state index contributed by atoms with van der Waals surface area (Å²) in [5.41, 5.74) is -0.913.